The quantitative estimate of drug-likeness (QED) is 0.687. The standard InChI is InChI=1S/C15H19ClN2O3/c1-21-13(19)9-10-5-2-3-8-18(10)15(20)14-11(16)6-4-7-12(14)17/h4,6-7,10H,2-3,5,8-9,17H2,1H3. The van der Waals surface area contributed by atoms with E-state index in [-0.39, 0.29) is 24.3 Å². The van der Waals surface area contributed by atoms with Gasteiger partial charge in [-0.3, -0.25) is 9.59 Å². The van der Waals surface area contributed by atoms with Gasteiger partial charge in [0.2, 0.25) is 0 Å². The third kappa shape index (κ3) is 3.47. The van der Waals surface area contributed by atoms with Gasteiger partial charge in [-0.25, -0.2) is 0 Å². The summed E-state index contributed by atoms with van der Waals surface area (Å²) in [5.41, 5.74) is 6.55. The Bertz CT molecular complexity index is 527. The maximum Gasteiger partial charge on any atom is 0.307 e. The van der Waals surface area contributed by atoms with Crippen LogP contribution in [-0.2, 0) is 9.53 Å². The summed E-state index contributed by atoms with van der Waals surface area (Å²) in [4.78, 5) is 25.9. The van der Waals surface area contributed by atoms with Gasteiger partial charge in [-0.1, -0.05) is 17.7 Å². The van der Waals surface area contributed by atoms with Crippen LogP contribution in [0.2, 0.25) is 5.02 Å². The fourth-order valence-electron chi connectivity index (χ4n) is 2.67. The van der Waals surface area contributed by atoms with Crippen LogP contribution >= 0.6 is 11.6 Å². The van der Waals surface area contributed by atoms with Crippen molar-refractivity contribution in [1.82, 2.24) is 4.90 Å². The molecule has 2 N–H and O–H groups in total. The number of likely N-dealkylation sites (tertiary alicyclic amines) is 1. The lowest BCUT2D eigenvalue weighted by atomic mass is 9.98. The molecular weight excluding hydrogens is 292 g/mol. The predicted octanol–water partition coefficient (Wildman–Crippen LogP) is 2.48. The molecule has 0 radical (unpaired) electrons. The number of hydrogen-bond acceptors (Lipinski definition) is 4. The van der Waals surface area contributed by atoms with Gasteiger partial charge >= 0.3 is 5.97 Å². The fourth-order valence-corrected chi connectivity index (χ4v) is 2.93. The van der Waals surface area contributed by atoms with Crippen molar-refractivity contribution < 1.29 is 14.3 Å². The molecule has 1 aliphatic heterocycles. The molecule has 1 fully saturated rings. The summed E-state index contributed by atoms with van der Waals surface area (Å²) in [6.07, 6.45) is 2.88. The van der Waals surface area contributed by atoms with Gasteiger partial charge in [0.1, 0.15) is 0 Å². The topological polar surface area (TPSA) is 72.6 Å². The highest BCUT2D eigenvalue weighted by Gasteiger charge is 2.31. The minimum absolute atomic E-state index is 0.158. The van der Waals surface area contributed by atoms with E-state index in [1.54, 1.807) is 23.1 Å². The lowest BCUT2D eigenvalue weighted by Gasteiger charge is -2.35. The zero-order valence-electron chi connectivity index (χ0n) is 12.0. The third-order valence-electron chi connectivity index (χ3n) is 3.78. The van der Waals surface area contributed by atoms with Gasteiger partial charge in [-0.05, 0) is 31.4 Å². The number of esters is 1. The van der Waals surface area contributed by atoms with Crippen LogP contribution < -0.4 is 5.73 Å². The van der Waals surface area contributed by atoms with E-state index in [4.69, 9.17) is 22.1 Å². The summed E-state index contributed by atoms with van der Waals surface area (Å²) in [5.74, 6) is -0.529. The van der Waals surface area contributed by atoms with Crippen LogP contribution in [0, 0.1) is 0 Å². The number of amides is 1. The molecule has 0 aliphatic carbocycles. The first kappa shape index (κ1) is 15.6. The maximum absolute atomic E-state index is 12.7. The summed E-state index contributed by atoms with van der Waals surface area (Å²) in [5, 5.41) is 0.336. The number of methoxy groups -OCH3 is 1. The van der Waals surface area contributed by atoms with Crippen molar-refractivity contribution in [2.24, 2.45) is 0 Å². The summed E-state index contributed by atoms with van der Waals surface area (Å²) >= 11 is 6.11. The molecule has 6 heteroatoms. The smallest absolute Gasteiger partial charge is 0.307 e. The predicted molar refractivity (Wildman–Crippen MR) is 81.2 cm³/mol. The van der Waals surface area contributed by atoms with Crippen LogP contribution in [-0.4, -0.2) is 36.5 Å². The van der Waals surface area contributed by atoms with E-state index in [0.29, 0.717) is 22.8 Å². The molecule has 1 aromatic rings. The number of carbonyl (C=O) groups excluding carboxylic acids is 2. The highest BCUT2D eigenvalue weighted by molar-refractivity contribution is 6.34. The Morgan fingerprint density at radius 3 is 2.86 bits per heavy atom. The van der Waals surface area contributed by atoms with E-state index in [2.05, 4.69) is 0 Å². The van der Waals surface area contributed by atoms with E-state index in [0.717, 1.165) is 19.3 Å². The van der Waals surface area contributed by atoms with Crippen LogP contribution in [0.15, 0.2) is 18.2 Å². The number of benzene rings is 1. The molecule has 1 heterocycles. The first-order valence-corrected chi connectivity index (χ1v) is 7.34. The molecule has 114 valence electrons. The molecule has 1 aliphatic rings. The molecule has 1 amide bonds. The zero-order chi connectivity index (χ0) is 15.4. The van der Waals surface area contributed by atoms with Crippen molar-refractivity contribution in [2.45, 2.75) is 31.7 Å². The number of halogens is 1. The first-order chi connectivity index (χ1) is 10.0. The van der Waals surface area contributed by atoms with Gasteiger partial charge in [0.15, 0.2) is 0 Å². The number of rotatable bonds is 3. The molecule has 0 aromatic heterocycles. The lowest BCUT2D eigenvalue weighted by molar-refractivity contribution is -0.142. The van der Waals surface area contributed by atoms with Crippen molar-refractivity contribution >= 4 is 29.2 Å². The largest absolute Gasteiger partial charge is 0.469 e. The van der Waals surface area contributed by atoms with Gasteiger partial charge in [0.25, 0.3) is 5.91 Å². The normalized spacial score (nSPS) is 18.4. The Hall–Kier alpha value is -1.75. The van der Waals surface area contributed by atoms with E-state index in [9.17, 15) is 9.59 Å². The molecule has 21 heavy (non-hydrogen) atoms. The third-order valence-corrected chi connectivity index (χ3v) is 4.09. The van der Waals surface area contributed by atoms with Gasteiger partial charge in [0.05, 0.1) is 24.1 Å². The average Bonchev–Trinajstić information content (AvgIpc) is 2.47. The molecule has 1 unspecified atom stereocenters. The zero-order valence-corrected chi connectivity index (χ0v) is 12.7. The average molecular weight is 311 g/mol. The van der Waals surface area contributed by atoms with Crippen LogP contribution in [0.25, 0.3) is 0 Å². The number of nitrogens with zero attached hydrogens (tertiary/aromatic N) is 1. The van der Waals surface area contributed by atoms with Crippen LogP contribution in [0.4, 0.5) is 5.69 Å². The summed E-state index contributed by atoms with van der Waals surface area (Å²) in [6, 6.07) is 4.84. The van der Waals surface area contributed by atoms with E-state index < -0.39 is 0 Å². The van der Waals surface area contributed by atoms with Crippen molar-refractivity contribution in [3.05, 3.63) is 28.8 Å². The molecular formula is C15H19ClN2O3. The van der Waals surface area contributed by atoms with Gasteiger partial charge < -0.3 is 15.4 Å². The Balaban J connectivity index is 2.24. The summed E-state index contributed by atoms with van der Waals surface area (Å²) < 4.78 is 4.71. The van der Waals surface area contributed by atoms with Crippen LogP contribution in [0.5, 0.6) is 0 Å². The molecule has 2 rings (SSSR count). The highest BCUT2D eigenvalue weighted by Crippen LogP contribution is 2.28. The lowest BCUT2D eigenvalue weighted by Crippen LogP contribution is -2.45. The Morgan fingerprint density at radius 2 is 2.19 bits per heavy atom. The Kier molecular flexibility index (Phi) is 5.07. The number of piperidine rings is 1. The SMILES string of the molecule is COC(=O)CC1CCCCN1C(=O)c1c(N)cccc1Cl. The Labute approximate surface area is 129 Å². The van der Waals surface area contributed by atoms with Crippen LogP contribution in [0.3, 0.4) is 0 Å². The second-order valence-corrected chi connectivity index (χ2v) is 5.54. The number of carbonyl (C=O) groups is 2. The minimum Gasteiger partial charge on any atom is -0.469 e. The fraction of sp³-hybridized carbons (Fsp3) is 0.467. The van der Waals surface area contributed by atoms with Crippen molar-refractivity contribution in [3.63, 3.8) is 0 Å². The molecule has 0 spiro atoms. The maximum atomic E-state index is 12.7. The van der Waals surface area contributed by atoms with Crippen molar-refractivity contribution in [1.29, 1.82) is 0 Å². The second kappa shape index (κ2) is 6.80. The molecule has 1 aromatic carbocycles. The van der Waals surface area contributed by atoms with Gasteiger partial charge in [-0.2, -0.15) is 0 Å². The van der Waals surface area contributed by atoms with Crippen molar-refractivity contribution in [3.8, 4) is 0 Å². The van der Waals surface area contributed by atoms with Crippen LogP contribution in [0.1, 0.15) is 36.0 Å². The summed E-state index contributed by atoms with van der Waals surface area (Å²) in [7, 11) is 1.35. The van der Waals surface area contributed by atoms with Gasteiger partial charge in [-0.15, -0.1) is 0 Å². The minimum atomic E-state index is -0.313. The Morgan fingerprint density at radius 1 is 1.43 bits per heavy atom. The number of nitrogens with two attached hydrogens (primary N) is 1. The number of nitrogen functional groups attached to an aromatic ring is 1. The van der Waals surface area contributed by atoms with Crippen molar-refractivity contribution in [2.75, 3.05) is 19.4 Å². The van der Waals surface area contributed by atoms with E-state index >= 15 is 0 Å². The van der Waals surface area contributed by atoms with Gasteiger partial charge in [0, 0.05) is 18.3 Å². The monoisotopic (exact) mass is 310 g/mol. The number of hydrogen-bond donors (Lipinski definition) is 1. The molecule has 0 bridgehead atoms. The molecule has 5 nitrogen and oxygen atoms in total. The second-order valence-electron chi connectivity index (χ2n) is 5.13. The molecule has 1 atom stereocenters. The molecule has 1 saturated heterocycles. The summed E-state index contributed by atoms with van der Waals surface area (Å²) in [6.45, 7) is 0.602. The number of ether oxygens (including phenoxy) is 1. The first-order valence-electron chi connectivity index (χ1n) is 6.96. The highest BCUT2D eigenvalue weighted by atomic mass is 35.5. The molecule has 0 saturated carbocycles. The van der Waals surface area contributed by atoms with E-state index in [1.165, 1.54) is 7.11 Å². The number of anilines is 1. The van der Waals surface area contributed by atoms with E-state index in [1.807, 2.05) is 0 Å².